The molecule has 0 bridgehead atoms. The largest absolute Gasteiger partial charge is 0.381 e. The predicted octanol–water partition coefficient (Wildman–Crippen LogP) is 5.71. The third kappa shape index (κ3) is 4.51. The van der Waals surface area contributed by atoms with Crippen molar-refractivity contribution in [2.24, 2.45) is 5.92 Å². The summed E-state index contributed by atoms with van der Waals surface area (Å²) in [6.45, 7) is 3.09. The number of hydrogen-bond donors (Lipinski definition) is 1. The Morgan fingerprint density at radius 3 is 2.58 bits per heavy atom. The first-order valence-electron chi connectivity index (χ1n) is 12.5. The van der Waals surface area contributed by atoms with E-state index < -0.39 is 0 Å². The fourth-order valence-electron chi connectivity index (χ4n) is 5.56. The summed E-state index contributed by atoms with van der Waals surface area (Å²) in [6, 6.07) is 18.2. The first-order valence-corrected chi connectivity index (χ1v) is 12.5. The van der Waals surface area contributed by atoms with E-state index in [1.807, 2.05) is 10.9 Å². The van der Waals surface area contributed by atoms with Gasteiger partial charge in [0.25, 0.3) is 0 Å². The van der Waals surface area contributed by atoms with Gasteiger partial charge < -0.3 is 15.0 Å². The number of rotatable bonds is 5. The van der Waals surface area contributed by atoms with E-state index in [1.165, 1.54) is 41.8 Å². The van der Waals surface area contributed by atoms with Crippen molar-refractivity contribution in [3.8, 4) is 11.1 Å². The zero-order valence-electron chi connectivity index (χ0n) is 19.2. The number of fused-ring (bicyclic) bond motifs is 1. The number of nitrogens with zero attached hydrogens (tertiary/aromatic N) is 3. The van der Waals surface area contributed by atoms with Crippen LogP contribution in [0.5, 0.6) is 0 Å². The minimum atomic E-state index is 0.0958. The average molecular weight is 442 g/mol. The van der Waals surface area contributed by atoms with Crippen molar-refractivity contribution in [1.82, 2.24) is 9.78 Å². The predicted molar refractivity (Wildman–Crippen MR) is 133 cm³/mol. The van der Waals surface area contributed by atoms with E-state index in [0.717, 1.165) is 44.5 Å². The fraction of sp³-hybridized carbons (Fsp3) is 0.429. The van der Waals surface area contributed by atoms with Gasteiger partial charge in [-0.2, -0.15) is 5.10 Å². The number of anilines is 2. The second kappa shape index (κ2) is 9.22. The number of ether oxygens (including phenoxy) is 1. The summed E-state index contributed by atoms with van der Waals surface area (Å²) in [4.78, 5) is 2.53. The van der Waals surface area contributed by atoms with Crippen molar-refractivity contribution >= 4 is 11.4 Å². The highest BCUT2D eigenvalue weighted by Crippen LogP contribution is 2.32. The van der Waals surface area contributed by atoms with Crippen LogP contribution in [0.15, 0.2) is 60.9 Å². The average Bonchev–Trinajstić information content (AvgIpc) is 3.52. The quantitative estimate of drug-likeness (QED) is 0.551. The lowest BCUT2D eigenvalue weighted by Crippen LogP contribution is -2.35. The molecule has 2 atom stereocenters. The van der Waals surface area contributed by atoms with Crippen LogP contribution in [0, 0.1) is 12.3 Å². The summed E-state index contributed by atoms with van der Waals surface area (Å²) in [5.74, 6) is 0.695. The van der Waals surface area contributed by atoms with Crippen LogP contribution in [-0.4, -0.2) is 35.5 Å². The van der Waals surface area contributed by atoms with Crippen LogP contribution in [0.1, 0.15) is 43.9 Å². The summed E-state index contributed by atoms with van der Waals surface area (Å²) in [5, 5.41) is 8.25. The highest BCUT2D eigenvalue weighted by Gasteiger charge is 2.26. The Balaban J connectivity index is 1.02. The summed E-state index contributed by atoms with van der Waals surface area (Å²) in [5.41, 5.74) is 6.47. The molecule has 6 rings (SSSR count). The van der Waals surface area contributed by atoms with Gasteiger partial charge >= 0.3 is 0 Å². The van der Waals surface area contributed by atoms with E-state index in [2.05, 4.69) is 76.5 Å². The molecule has 3 aliphatic rings. The summed E-state index contributed by atoms with van der Waals surface area (Å²) in [6.07, 6.45) is 13.8. The maximum Gasteiger partial charge on any atom is 0.150 e. The molecular formula is C28H33N4O. The van der Waals surface area contributed by atoms with Gasteiger partial charge in [-0.3, -0.25) is 0 Å². The van der Waals surface area contributed by atoms with E-state index in [1.54, 1.807) is 0 Å². The zero-order valence-corrected chi connectivity index (χ0v) is 19.2. The Labute approximate surface area is 196 Å². The molecule has 5 heteroatoms. The fourth-order valence-corrected chi connectivity index (χ4v) is 5.56. The molecule has 5 nitrogen and oxygen atoms in total. The van der Waals surface area contributed by atoms with Gasteiger partial charge in [0.1, 0.15) is 6.23 Å². The van der Waals surface area contributed by atoms with Crippen LogP contribution in [0.2, 0.25) is 0 Å². The molecule has 1 radical (unpaired) electrons. The number of hydrogen-bond acceptors (Lipinski definition) is 4. The third-order valence-electron chi connectivity index (χ3n) is 7.46. The van der Waals surface area contributed by atoms with E-state index in [4.69, 9.17) is 4.74 Å². The maximum absolute atomic E-state index is 5.87. The number of aromatic nitrogens is 2. The molecule has 2 aromatic carbocycles. The molecule has 3 aromatic rings. The standard InChI is InChI=1S/C28H33N4O/c1-2-6-27-23(5-1)18-25(30-27)17-21-12-14-31(15-13-21)26-10-8-22(9-11-26)24-19-29-32(20-24)28-7-3-4-16-33-28/h1-2,5-6,8-11,17,19-21,25,28,30H,3-4,7,12-16,18H2. The van der Waals surface area contributed by atoms with E-state index in [-0.39, 0.29) is 6.23 Å². The van der Waals surface area contributed by atoms with Crippen molar-refractivity contribution in [3.05, 3.63) is 72.9 Å². The Kier molecular flexibility index (Phi) is 5.81. The molecule has 0 saturated carbocycles. The number of para-hydroxylation sites is 1. The first-order chi connectivity index (χ1) is 16.3. The lowest BCUT2D eigenvalue weighted by atomic mass is 9.89. The molecule has 2 fully saturated rings. The summed E-state index contributed by atoms with van der Waals surface area (Å²) < 4.78 is 7.85. The zero-order chi connectivity index (χ0) is 22.0. The van der Waals surface area contributed by atoms with Crippen molar-refractivity contribution in [1.29, 1.82) is 0 Å². The lowest BCUT2D eigenvalue weighted by molar-refractivity contribution is -0.0394. The Morgan fingerprint density at radius 2 is 1.79 bits per heavy atom. The van der Waals surface area contributed by atoms with Crippen LogP contribution in [-0.2, 0) is 11.2 Å². The second-order valence-electron chi connectivity index (χ2n) is 9.71. The molecule has 2 saturated heterocycles. The monoisotopic (exact) mass is 441 g/mol. The Hall–Kier alpha value is -2.79. The van der Waals surface area contributed by atoms with Gasteiger partial charge in [0, 0.05) is 48.9 Å². The highest BCUT2D eigenvalue weighted by molar-refractivity contribution is 5.65. The number of benzene rings is 2. The van der Waals surface area contributed by atoms with Gasteiger partial charge in [-0.05, 0) is 80.2 Å². The van der Waals surface area contributed by atoms with E-state index >= 15 is 0 Å². The molecule has 33 heavy (non-hydrogen) atoms. The van der Waals surface area contributed by atoms with Crippen molar-refractivity contribution in [2.75, 3.05) is 29.9 Å². The van der Waals surface area contributed by atoms with Crippen molar-refractivity contribution < 1.29 is 4.74 Å². The minimum absolute atomic E-state index is 0.0958. The molecule has 0 aliphatic carbocycles. The maximum atomic E-state index is 5.87. The number of nitrogens with one attached hydrogen (secondary N) is 1. The smallest absolute Gasteiger partial charge is 0.150 e. The van der Waals surface area contributed by atoms with Gasteiger partial charge in [-0.15, -0.1) is 0 Å². The lowest BCUT2D eigenvalue weighted by Gasteiger charge is -2.34. The normalized spacial score (nSPS) is 23.3. The van der Waals surface area contributed by atoms with Gasteiger partial charge in [-0.25, -0.2) is 4.68 Å². The van der Waals surface area contributed by atoms with Gasteiger partial charge in [0.05, 0.1) is 6.20 Å². The minimum Gasteiger partial charge on any atom is -0.381 e. The van der Waals surface area contributed by atoms with E-state index in [0.29, 0.717) is 12.0 Å². The molecule has 1 aromatic heterocycles. The molecule has 1 N–H and O–H groups in total. The summed E-state index contributed by atoms with van der Waals surface area (Å²) >= 11 is 0. The van der Waals surface area contributed by atoms with Crippen LogP contribution in [0.25, 0.3) is 11.1 Å². The van der Waals surface area contributed by atoms with Crippen LogP contribution in [0.3, 0.4) is 0 Å². The van der Waals surface area contributed by atoms with Gasteiger partial charge in [-0.1, -0.05) is 30.3 Å². The molecule has 4 heterocycles. The molecule has 0 amide bonds. The van der Waals surface area contributed by atoms with Crippen LogP contribution in [0.4, 0.5) is 11.4 Å². The van der Waals surface area contributed by atoms with E-state index in [9.17, 15) is 0 Å². The van der Waals surface area contributed by atoms with Crippen molar-refractivity contribution in [3.63, 3.8) is 0 Å². The van der Waals surface area contributed by atoms with Gasteiger partial charge in [0.2, 0.25) is 0 Å². The molecule has 3 aliphatic heterocycles. The van der Waals surface area contributed by atoms with Gasteiger partial charge in [0.15, 0.2) is 0 Å². The Bertz CT molecular complexity index is 1040. The van der Waals surface area contributed by atoms with Crippen LogP contribution >= 0.6 is 0 Å². The number of piperidine rings is 1. The third-order valence-corrected chi connectivity index (χ3v) is 7.46. The molecule has 0 spiro atoms. The first kappa shape index (κ1) is 20.8. The Morgan fingerprint density at radius 1 is 0.939 bits per heavy atom. The second-order valence-corrected chi connectivity index (χ2v) is 9.71. The molecule has 171 valence electrons. The SMILES string of the molecule is [CH](C1CCN(c2ccc(-c3cnn(C4CCCCO4)c3)cc2)CC1)C1Cc2ccccc2N1. The topological polar surface area (TPSA) is 42.3 Å². The summed E-state index contributed by atoms with van der Waals surface area (Å²) in [7, 11) is 0. The van der Waals surface area contributed by atoms with Crippen LogP contribution < -0.4 is 10.2 Å². The van der Waals surface area contributed by atoms with Crippen molar-refractivity contribution in [2.45, 2.75) is 50.8 Å². The molecule has 2 unspecified atom stereocenters. The molecular weight excluding hydrogens is 408 g/mol. The highest BCUT2D eigenvalue weighted by atomic mass is 16.5.